The van der Waals surface area contributed by atoms with Gasteiger partial charge in [-0.1, -0.05) is 30.3 Å². The van der Waals surface area contributed by atoms with Gasteiger partial charge in [0.05, 0.1) is 0 Å². The zero-order valence-electron chi connectivity index (χ0n) is 12.6. The van der Waals surface area contributed by atoms with Crippen LogP contribution in [0, 0.1) is 0 Å². The number of ether oxygens (including phenoxy) is 2. The average Bonchev–Trinajstić information content (AvgIpc) is 2.60. The van der Waals surface area contributed by atoms with Crippen LogP contribution in [-0.2, 0) is 4.79 Å². The summed E-state index contributed by atoms with van der Waals surface area (Å²) in [5.41, 5.74) is 1.26. The first kappa shape index (κ1) is 15.1. The molecule has 0 spiro atoms. The highest BCUT2D eigenvalue weighted by Crippen LogP contribution is 2.32. The quantitative estimate of drug-likeness (QED) is 0.862. The molecule has 2 aromatic carbocycles. The van der Waals surface area contributed by atoms with Gasteiger partial charge >= 0.3 is 0 Å². The molecule has 0 fully saturated rings. The van der Waals surface area contributed by atoms with Gasteiger partial charge in [-0.2, -0.15) is 0 Å². The third-order valence-corrected chi connectivity index (χ3v) is 3.50. The fraction of sp³-hybridized carbons (Fsp3) is 0.222. The SMILES string of the molecule is O=C(CCC(=O)c1ccccc1)Nc1ccc2c(c1)OCCO2. The van der Waals surface area contributed by atoms with Crippen molar-refractivity contribution in [2.45, 2.75) is 12.8 Å². The lowest BCUT2D eigenvalue weighted by Gasteiger charge is -2.19. The molecule has 0 bridgehead atoms. The fourth-order valence-electron chi connectivity index (χ4n) is 2.34. The fourth-order valence-corrected chi connectivity index (χ4v) is 2.34. The number of carbonyl (C=O) groups is 2. The van der Waals surface area contributed by atoms with E-state index < -0.39 is 0 Å². The first-order valence-corrected chi connectivity index (χ1v) is 7.50. The molecule has 2 aromatic rings. The number of rotatable bonds is 5. The topological polar surface area (TPSA) is 64.6 Å². The average molecular weight is 311 g/mol. The molecule has 5 heteroatoms. The van der Waals surface area contributed by atoms with Crippen molar-refractivity contribution in [3.8, 4) is 11.5 Å². The van der Waals surface area contributed by atoms with Crippen LogP contribution in [0.4, 0.5) is 5.69 Å². The summed E-state index contributed by atoms with van der Waals surface area (Å²) in [5, 5.41) is 2.77. The Morgan fingerprint density at radius 1 is 0.913 bits per heavy atom. The Balaban J connectivity index is 1.54. The van der Waals surface area contributed by atoms with Crippen molar-refractivity contribution in [2.75, 3.05) is 18.5 Å². The van der Waals surface area contributed by atoms with E-state index in [1.807, 2.05) is 18.2 Å². The summed E-state index contributed by atoms with van der Waals surface area (Å²) in [6.45, 7) is 1.02. The van der Waals surface area contributed by atoms with Gasteiger partial charge in [0.1, 0.15) is 13.2 Å². The maximum Gasteiger partial charge on any atom is 0.224 e. The molecule has 0 saturated carbocycles. The number of fused-ring (bicyclic) bond motifs is 1. The van der Waals surface area contributed by atoms with Crippen LogP contribution in [0.3, 0.4) is 0 Å². The zero-order valence-corrected chi connectivity index (χ0v) is 12.6. The molecular formula is C18H17NO4. The van der Waals surface area contributed by atoms with Crippen LogP contribution >= 0.6 is 0 Å². The monoisotopic (exact) mass is 311 g/mol. The van der Waals surface area contributed by atoms with Gasteiger partial charge in [0.15, 0.2) is 17.3 Å². The van der Waals surface area contributed by atoms with E-state index >= 15 is 0 Å². The summed E-state index contributed by atoms with van der Waals surface area (Å²) in [4.78, 5) is 24.0. The van der Waals surface area contributed by atoms with Crippen molar-refractivity contribution in [2.24, 2.45) is 0 Å². The lowest BCUT2D eigenvalue weighted by molar-refractivity contribution is -0.116. The number of Topliss-reactive ketones (excluding diaryl/α,β-unsaturated/α-hetero) is 1. The van der Waals surface area contributed by atoms with Gasteiger partial charge in [-0.05, 0) is 12.1 Å². The van der Waals surface area contributed by atoms with Gasteiger partial charge in [0, 0.05) is 30.2 Å². The molecule has 23 heavy (non-hydrogen) atoms. The van der Waals surface area contributed by atoms with E-state index in [1.54, 1.807) is 30.3 Å². The summed E-state index contributed by atoms with van der Waals surface area (Å²) in [7, 11) is 0. The number of ketones is 1. The predicted octanol–water partition coefficient (Wildman–Crippen LogP) is 3.06. The molecule has 0 unspecified atom stereocenters. The summed E-state index contributed by atoms with van der Waals surface area (Å²) in [6.07, 6.45) is 0.322. The number of benzene rings is 2. The van der Waals surface area contributed by atoms with E-state index in [-0.39, 0.29) is 24.5 Å². The maximum atomic E-state index is 12.0. The molecule has 0 atom stereocenters. The van der Waals surface area contributed by atoms with Crippen molar-refractivity contribution in [3.63, 3.8) is 0 Å². The van der Waals surface area contributed by atoms with Gasteiger partial charge in [0.25, 0.3) is 0 Å². The van der Waals surface area contributed by atoms with Gasteiger partial charge in [-0.25, -0.2) is 0 Å². The van der Waals surface area contributed by atoms with E-state index in [9.17, 15) is 9.59 Å². The Morgan fingerprint density at radius 2 is 1.65 bits per heavy atom. The van der Waals surface area contributed by atoms with Crippen LogP contribution in [0.5, 0.6) is 11.5 Å². The Labute approximate surface area is 134 Å². The van der Waals surface area contributed by atoms with Crippen LogP contribution < -0.4 is 14.8 Å². The second-order valence-electron chi connectivity index (χ2n) is 5.20. The zero-order chi connectivity index (χ0) is 16.1. The first-order chi connectivity index (χ1) is 11.2. The third-order valence-electron chi connectivity index (χ3n) is 3.50. The predicted molar refractivity (Wildman–Crippen MR) is 86.1 cm³/mol. The van der Waals surface area contributed by atoms with Gasteiger partial charge < -0.3 is 14.8 Å². The number of carbonyl (C=O) groups excluding carboxylic acids is 2. The second kappa shape index (κ2) is 6.96. The molecule has 0 aromatic heterocycles. The Morgan fingerprint density at radius 3 is 2.43 bits per heavy atom. The van der Waals surface area contributed by atoms with Crippen LogP contribution in [0.1, 0.15) is 23.2 Å². The third kappa shape index (κ3) is 3.88. The van der Waals surface area contributed by atoms with Gasteiger partial charge in [-0.3, -0.25) is 9.59 Å². The van der Waals surface area contributed by atoms with E-state index in [0.717, 1.165) is 0 Å². The molecule has 1 N–H and O–H groups in total. The minimum absolute atomic E-state index is 0.0390. The summed E-state index contributed by atoms with van der Waals surface area (Å²) in [5.74, 6) is 1.05. The molecule has 1 amide bonds. The van der Waals surface area contributed by atoms with Crippen molar-refractivity contribution >= 4 is 17.4 Å². The Hall–Kier alpha value is -2.82. The van der Waals surface area contributed by atoms with Crippen LogP contribution in [-0.4, -0.2) is 24.9 Å². The summed E-state index contributed by atoms with van der Waals surface area (Å²) >= 11 is 0. The van der Waals surface area contributed by atoms with Crippen LogP contribution in [0.2, 0.25) is 0 Å². The number of nitrogens with one attached hydrogen (secondary N) is 1. The van der Waals surface area contributed by atoms with Crippen LogP contribution in [0.25, 0.3) is 0 Å². The van der Waals surface area contributed by atoms with Crippen molar-refractivity contribution in [3.05, 3.63) is 54.1 Å². The number of hydrogen-bond acceptors (Lipinski definition) is 4. The molecule has 5 nitrogen and oxygen atoms in total. The number of hydrogen-bond donors (Lipinski definition) is 1. The van der Waals surface area contributed by atoms with Crippen molar-refractivity contribution in [1.29, 1.82) is 0 Å². The molecule has 0 saturated heterocycles. The highest BCUT2D eigenvalue weighted by Gasteiger charge is 2.13. The lowest BCUT2D eigenvalue weighted by Crippen LogP contribution is -2.16. The summed E-state index contributed by atoms with van der Waals surface area (Å²) in [6, 6.07) is 14.2. The van der Waals surface area contributed by atoms with Gasteiger partial charge in [-0.15, -0.1) is 0 Å². The molecule has 0 aliphatic carbocycles. The van der Waals surface area contributed by atoms with Crippen molar-refractivity contribution < 1.29 is 19.1 Å². The van der Waals surface area contributed by atoms with Crippen molar-refractivity contribution in [1.82, 2.24) is 0 Å². The minimum atomic E-state index is -0.203. The molecule has 0 radical (unpaired) electrons. The van der Waals surface area contributed by atoms with Gasteiger partial charge in [0.2, 0.25) is 5.91 Å². The molecular weight excluding hydrogens is 294 g/mol. The first-order valence-electron chi connectivity index (χ1n) is 7.50. The summed E-state index contributed by atoms with van der Waals surface area (Å²) < 4.78 is 10.9. The molecule has 118 valence electrons. The maximum absolute atomic E-state index is 12.0. The van der Waals surface area contributed by atoms with E-state index in [1.165, 1.54) is 0 Å². The minimum Gasteiger partial charge on any atom is -0.486 e. The van der Waals surface area contributed by atoms with E-state index in [0.29, 0.717) is 36.0 Å². The van der Waals surface area contributed by atoms with Crippen LogP contribution in [0.15, 0.2) is 48.5 Å². The second-order valence-corrected chi connectivity index (χ2v) is 5.20. The van der Waals surface area contributed by atoms with E-state index in [4.69, 9.17) is 9.47 Å². The highest BCUT2D eigenvalue weighted by molar-refractivity contribution is 6.00. The molecule has 3 rings (SSSR count). The lowest BCUT2D eigenvalue weighted by atomic mass is 10.1. The van der Waals surface area contributed by atoms with E-state index in [2.05, 4.69) is 5.32 Å². The normalized spacial score (nSPS) is 12.5. The molecule has 1 aliphatic rings. The Kier molecular flexibility index (Phi) is 4.57. The Bertz CT molecular complexity index is 712. The number of anilines is 1. The highest BCUT2D eigenvalue weighted by atomic mass is 16.6. The molecule has 1 heterocycles. The smallest absolute Gasteiger partial charge is 0.224 e. The molecule has 1 aliphatic heterocycles. The number of amides is 1. The standard InChI is InChI=1S/C18H17NO4/c20-15(13-4-2-1-3-5-13)7-9-18(21)19-14-6-8-16-17(12-14)23-11-10-22-16/h1-6,8,12H,7,9-11H2,(H,19,21). The largest absolute Gasteiger partial charge is 0.486 e.